The fraction of sp³-hybridized carbons (Fsp3) is 0.0625. The average Bonchev–Trinajstić information content (AvgIpc) is 2.98. The molecule has 1 unspecified atom stereocenters. The van der Waals surface area contributed by atoms with Gasteiger partial charge in [-0.15, -0.1) is 0 Å². The summed E-state index contributed by atoms with van der Waals surface area (Å²) < 4.78 is 1.81. The molecule has 4 heteroatoms. The molecule has 0 saturated carbocycles. The summed E-state index contributed by atoms with van der Waals surface area (Å²) in [5.41, 5.74) is 9.11. The molecule has 0 bridgehead atoms. The van der Waals surface area contributed by atoms with Gasteiger partial charge in [-0.05, 0) is 23.8 Å². The largest absolute Gasteiger partial charge is 0.320 e. The van der Waals surface area contributed by atoms with Crippen molar-refractivity contribution in [3.63, 3.8) is 0 Å². The second-order valence-corrected chi connectivity index (χ2v) is 4.96. The third-order valence-corrected chi connectivity index (χ3v) is 3.57. The molecule has 1 heterocycles. The van der Waals surface area contributed by atoms with Crippen molar-refractivity contribution in [3.8, 4) is 5.69 Å². The molecule has 3 rings (SSSR count). The van der Waals surface area contributed by atoms with Crippen molar-refractivity contribution >= 4 is 11.6 Å². The van der Waals surface area contributed by atoms with Gasteiger partial charge in [0.15, 0.2) is 0 Å². The summed E-state index contributed by atoms with van der Waals surface area (Å²) >= 11 is 6.19. The number of nitrogens with two attached hydrogens (primary N) is 1. The third-order valence-electron chi connectivity index (χ3n) is 3.22. The van der Waals surface area contributed by atoms with Crippen molar-refractivity contribution < 1.29 is 0 Å². The molecule has 3 aromatic rings. The Bertz CT molecular complexity index is 707. The molecule has 2 aromatic carbocycles. The Morgan fingerprint density at radius 3 is 2.45 bits per heavy atom. The van der Waals surface area contributed by atoms with Crippen LogP contribution in [0.3, 0.4) is 0 Å². The highest BCUT2D eigenvalue weighted by molar-refractivity contribution is 6.31. The van der Waals surface area contributed by atoms with Crippen molar-refractivity contribution in [2.24, 2.45) is 5.73 Å². The maximum absolute atomic E-state index is 6.27. The number of rotatable bonds is 3. The summed E-state index contributed by atoms with van der Waals surface area (Å²) in [4.78, 5) is 0. The van der Waals surface area contributed by atoms with E-state index in [1.807, 2.05) is 65.5 Å². The molecule has 20 heavy (non-hydrogen) atoms. The molecule has 3 nitrogen and oxygen atoms in total. The van der Waals surface area contributed by atoms with E-state index in [4.69, 9.17) is 17.3 Å². The van der Waals surface area contributed by atoms with Crippen LogP contribution in [0.25, 0.3) is 5.69 Å². The summed E-state index contributed by atoms with van der Waals surface area (Å²) in [6, 6.07) is 17.3. The fourth-order valence-corrected chi connectivity index (χ4v) is 2.38. The van der Waals surface area contributed by atoms with E-state index in [-0.39, 0.29) is 6.04 Å². The molecule has 100 valence electrons. The molecule has 0 aliphatic carbocycles. The zero-order valence-electron chi connectivity index (χ0n) is 10.8. The number of nitrogens with zero attached hydrogens (tertiary/aromatic N) is 2. The predicted octanol–water partition coefficient (Wildman–Crippen LogP) is 3.57. The number of para-hydroxylation sites is 1. The summed E-state index contributed by atoms with van der Waals surface area (Å²) in [6.45, 7) is 0. The lowest BCUT2D eigenvalue weighted by Crippen LogP contribution is -2.11. The Labute approximate surface area is 122 Å². The molecule has 0 fully saturated rings. The van der Waals surface area contributed by atoms with Crippen molar-refractivity contribution in [2.45, 2.75) is 6.04 Å². The molecule has 1 atom stereocenters. The average molecular weight is 284 g/mol. The summed E-state index contributed by atoms with van der Waals surface area (Å²) in [7, 11) is 0. The van der Waals surface area contributed by atoms with E-state index in [1.165, 1.54) is 0 Å². The lowest BCUT2D eigenvalue weighted by molar-refractivity contribution is 0.862. The van der Waals surface area contributed by atoms with Crippen LogP contribution in [0.4, 0.5) is 0 Å². The Kier molecular flexibility index (Phi) is 3.54. The van der Waals surface area contributed by atoms with Crippen LogP contribution in [-0.4, -0.2) is 9.78 Å². The topological polar surface area (TPSA) is 43.8 Å². The maximum Gasteiger partial charge on any atom is 0.0645 e. The first-order valence-corrected chi connectivity index (χ1v) is 6.73. The Morgan fingerprint density at radius 2 is 1.70 bits per heavy atom. The first-order chi connectivity index (χ1) is 9.75. The van der Waals surface area contributed by atoms with E-state index in [0.717, 1.165) is 16.8 Å². The predicted molar refractivity (Wildman–Crippen MR) is 81.0 cm³/mol. The second-order valence-electron chi connectivity index (χ2n) is 4.55. The molecule has 0 saturated heterocycles. The summed E-state index contributed by atoms with van der Waals surface area (Å²) in [5.74, 6) is 0. The van der Waals surface area contributed by atoms with Crippen LogP contribution in [0, 0.1) is 0 Å². The highest BCUT2D eigenvalue weighted by Crippen LogP contribution is 2.26. The van der Waals surface area contributed by atoms with E-state index in [9.17, 15) is 0 Å². The zero-order chi connectivity index (χ0) is 13.9. The van der Waals surface area contributed by atoms with E-state index in [1.54, 1.807) is 6.20 Å². The number of aromatic nitrogens is 2. The zero-order valence-corrected chi connectivity index (χ0v) is 11.5. The summed E-state index contributed by atoms with van der Waals surface area (Å²) in [6.07, 6.45) is 3.71. The molecular weight excluding hydrogens is 270 g/mol. The minimum absolute atomic E-state index is 0.277. The van der Waals surface area contributed by atoms with Gasteiger partial charge in [-0.3, -0.25) is 0 Å². The minimum atomic E-state index is -0.277. The quantitative estimate of drug-likeness (QED) is 0.798. The normalized spacial score (nSPS) is 12.3. The summed E-state index contributed by atoms with van der Waals surface area (Å²) in [5, 5.41) is 5.03. The van der Waals surface area contributed by atoms with Crippen LogP contribution in [0.15, 0.2) is 67.0 Å². The van der Waals surface area contributed by atoms with Gasteiger partial charge in [-0.1, -0.05) is 48.0 Å². The van der Waals surface area contributed by atoms with Gasteiger partial charge in [0, 0.05) is 16.8 Å². The number of hydrogen-bond acceptors (Lipinski definition) is 2. The minimum Gasteiger partial charge on any atom is -0.320 e. The number of halogens is 1. The van der Waals surface area contributed by atoms with Crippen molar-refractivity contribution in [1.82, 2.24) is 9.78 Å². The third kappa shape index (κ3) is 2.46. The van der Waals surface area contributed by atoms with E-state index >= 15 is 0 Å². The molecule has 2 N–H and O–H groups in total. The van der Waals surface area contributed by atoms with Gasteiger partial charge in [-0.25, -0.2) is 4.68 Å². The monoisotopic (exact) mass is 283 g/mol. The van der Waals surface area contributed by atoms with Gasteiger partial charge < -0.3 is 5.73 Å². The molecule has 1 aromatic heterocycles. The van der Waals surface area contributed by atoms with Gasteiger partial charge >= 0.3 is 0 Å². The van der Waals surface area contributed by atoms with Crippen LogP contribution in [0.5, 0.6) is 0 Å². The molecule has 0 aliphatic heterocycles. The smallest absolute Gasteiger partial charge is 0.0645 e. The van der Waals surface area contributed by atoms with Crippen molar-refractivity contribution in [1.29, 1.82) is 0 Å². The SMILES string of the molecule is NC(c1cnn(-c2ccccc2)c1)c1ccccc1Cl. The molecule has 0 spiro atoms. The first-order valence-electron chi connectivity index (χ1n) is 6.36. The molecule has 0 amide bonds. The molecule has 0 radical (unpaired) electrons. The van der Waals surface area contributed by atoms with E-state index in [0.29, 0.717) is 5.02 Å². The number of hydrogen-bond donors (Lipinski definition) is 1. The fourth-order valence-electron chi connectivity index (χ4n) is 2.13. The van der Waals surface area contributed by atoms with Crippen LogP contribution < -0.4 is 5.73 Å². The van der Waals surface area contributed by atoms with Gasteiger partial charge in [0.1, 0.15) is 0 Å². The molecule has 0 aliphatic rings. The van der Waals surface area contributed by atoms with Gasteiger partial charge in [0.25, 0.3) is 0 Å². The van der Waals surface area contributed by atoms with E-state index < -0.39 is 0 Å². The lowest BCUT2D eigenvalue weighted by Gasteiger charge is -2.11. The van der Waals surface area contributed by atoms with Crippen LogP contribution in [0.2, 0.25) is 5.02 Å². The standard InChI is InChI=1S/C16H14ClN3/c17-15-9-5-4-8-14(15)16(18)12-10-19-20(11-12)13-6-2-1-3-7-13/h1-11,16H,18H2. The van der Waals surface area contributed by atoms with E-state index in [2.05, 4.69) is 5.10 Å². The lowest BCUT2D eigenvalue weighted by atomic mass is 10.0. The Morgan fingerprint density at radius 1 is 1.00 bits per heavy atom. The van der Waals surface area contributed by atoms with Crippen LogP contribution in [0.1, 0.15) is 17.2 Å². The number of benzene rings is 2. The maximum atomic E-state index is 6.27. The highest BCUT2D eigenvalue weighted by Gasteiger charge is 2.14. The Hall–Kier alpha value is -2.10. The van der Waals surface area contributed by atoms with Crippen LogP contribution >= 0.6 is 11.6 Å². The van der Waals surface area contributed by atoms with Gasteiger partial charge in [0.2, 0.25) is 0 Å². The van der Waals surface area contributed by atoms with Crippen LogP contribution in [-0.2, 0) is 0 Å². The van der Waals surface area contributed by atoms with Gasteiger partial charge in [0.05, 0.1) is 17.9 Å². The molecular formula is C16H14ClN3. The van der Waals surface area contributed by atoms with Gasteiger partial charge in [-0.2, -0.15) is 5.10 Å². The Balaban J connectivity index is 1.93. The highest BCUT2D eigenvalue weighted by atomic mass is 35.5. The van der Waals surface area contributed by atoms with Crippen molar-refractivity contribution in [2.75, 3.05) is 0 Å². The van der Waals surface area contributed by atoms with Crippen molar-refractivity contribution in [3.05, 3.63) is 83.1 Å². The second kappa shape index (κ2) is 5.49. The first kappa shape index (κ1) is 12.9.